The Morgan fingerprint density at radius 2 is 2.00 bits per heavy atom. The predicted octanol–water partition coefficient (Wildman–Crippen LogP) is 2.15. The number of hydrogen-bond acceptors (Lipinski definition) is 4. The number of fused-ring (bicyclic) bond motifs is 1. The van der Waals surface area contributed by atoms with Crippen molar-refractivity contribution >= 4 is 22.9 Å². The van der Waals surface area contributed by atoms with Crippen LogP contribution >= 0.6 is 0 Å². The first kappa shape index (κ1) is 13.6. The summed E-state index contributed by atoms with van der Waals surface area (Å²) in [5, 5.41) is 0. The summed E-state index contributed by atoms with van der Waals surface area (Å²) in [5.74, 6) is -0.882. The highest BCUT2D eigenvalue weighted by Crippen LogP contribution is 2.22. The third-order valence-corrected chi connectivity index (χ3v) is 3.78. The number of aromatic amines is 1. The van der Waals surface area contributed by atoms with Gasteiger partial charge in [-0.2, -0.15) is 0 Å². The van der Waals surface area contributed by atoms with Gasteiger partial charge in [-0.05, 0) is 43.9 Å². The van der Waals surface area contributed by atoms with E-state index in [-0.39, 0.29) is 17.9 Å². The molecule has 6 nitrogen and oxygen atoms in total. The smallest absolute Gasteiger partial charge is 0.338 e. The minimum absolute atomic E-state index is 0.0160. The highest BCUT2D eigenvalue weighted by atomic mass is 16.5. The van der Waals surface area contributed by atoms with Crippen LogP contribution in [-0.2, 0) is 4.74 Å². The lowest BCUT2D eigenvalue weighted by Crippen LogP contribution is -2.20. The number of carbonyl (C=O) groups excluding carboxylic acids is 2. The normalized spacial score (nSPS) is 16.0. The van der Waals surface area contributed by atoms with Gasteiger partial charge in [0, 0.05) is 0 Å². The average molecular weight is 287 g/mol. The molecule has 2 aromatic rings. The zero-order valence-corrected chi connectivity index (χ0v) is 11.6. The van der Waals surface area contributed by atoms with Gasteiger partial charge in [0.15, 0.2) is 5.82 Å². The summed E-state index contributed by atoms with van der Waals surface area (Å²) in [7, 11) is 0. The Kier molecular flexibility index (Phi) is 3.60. The first-order chi connectivity index (χ1) is 10.1. The van der Waals surface area contributed by atoms with E-state index in [1.807, 2.05) is 0 Å². The van der Waals surface area contributed by atoms with E-state index in [0.29, 0.717) is 16.6 Å². The van der Waals surface area contributed by atoms with Crippen LogP contribution < -0.4 is 5.73 Å². The number of nitrogens with one attached hydrogen (secondary N) is 1. The van der Waals surface area contributed by atoms with E-state index in [2.05, 4.69) is 9.97 Å². The van der Waals surface area contributed by atoms with Gasteiger partial charge >= 0.3 is 5.97 Å². The molecule has 1 aromatic carbocycles. The molecule has 3 rings (SSSR count). The minimum Gasteiger partial charge on any atom is -0.459 e. The molecule has 0 radical (unpaired) electrons. The van der Waals surface area contributed by atoms with Crippen molar-refractivity contribution in [3.05, 3.63) is 29.6 Å². The van der Waals surface area contributed by atoms with Gasteiger partial charge in [-0.15, -0.1) is 0 Å². The van der Waals surface area contributed by atoms with Gasteiger partial charge in [-0.1, -0.05) is 6.42 Å². The quantitative estimate of drug-likeness (QED) is 0.845. The van der Waals surface area contributed by atoms with Crippen molar-refractivity contribution in [3.8, 4) is 0 Å². The molecule has 1 aliphatic rings. The SMILES string of the molecule is NC(=O)c1nc2cc(C(=O)OC3CCCCC3)ccc2[nH]1. The van der Waals surface area contributed by atoms with Crippen molar-refractivity contribution in [1.29, 1.82) is 0 Å². The molecule has 1 fully saturated rings. The fraction of sp³-hybridized carbons (Fsp3) is 0.400. The number of carbonyl (C=O) groups is 2. The number of benzene rings is 1. The number of aromatic nitrogens is 2. The van der Waals surface area contributed by atoms with Crippen molar-refractivity contribution < 1.29 is 14.3 Å². The van der Waals surface area contributed by atoms with Gasteiger partial charge in [0.05, 0.1) is 16.6 Å². The van der Waals surface area contributed by atoms with Gasteiger partial charge in [0.1, 0.15) is 6.10 Å². The van der Waals surface area contributed by atoms with Crippen LogP contribution in [0.5, 0.6) is 0 Å². The van der Waals surface area contributed by atoms with Crippen LogP contribution in [-0.4, -0.2) is 27.9 Å². The average Bonchev–Trinajstić information content (AvgIpc) is 2.91. The molecule has 0 spiro atoms. The van der Waals surface area contributed by atoms with Crippen LogP contribution in [0.15, 0.2) is 18.2 Å². The summed E-state index contributed by atoms with van der Waals surface area (Å²) in [6.07, 6.45) is 5.31. The largest absolute Gasteiger partial charge is 0.459 e. The van der Waals surface area contributed by atoms with E-state index in [9.17, 15) is 9.59 Å². The molecule has 110 valence electrons. The number of H-pyrrole nitrogens is 1. The van der Waals surface area contributed by atoms with Crippen LogP contribution in [0.2, 0.25) is 0 Å². The Hall–Kier alpha value is -2.37. The number of ether oxygens (including phenoxy) is 1. The standard InChI is InChI=1S/C15H17N3O3/c16-13(19)14-17-11-7-6-9(8-12(11)18-14)15(20)21-10-4-2-1-3-5-10/h6-8,10H,1-5H2,(H2,16,19)(H,17,18). The van der Waals surface area contributed by atoms with Crippen molar-refractivity contribution in [2.45, 2.75) is 38.2 Å². The molecule has 1 heterocycles. The van der Waals surface area contributed by atoms with Crippen molar-refractivity contribution in [2.24, 2.45) is 5.73 Å². The Labute approximate surface area is 121 Å². The first-order valence-electron chi connectivity index (χ1n) is 7.14. The predicted molar refractivity (Wildman–Crippen MR) is 76.9 cm³/mol. The highest BCUT2D eigenvalue weighted by Gasteiger charge is 2.19. The van der Waals surface area contributed by atoms with Crippen molar-refractivity contribution in [2.75, 3.05) is 0 Å². The number of nitrogens with zero attached hydrogens (tertiary/aromatic N) is 1. The molecule has 0 aliphatic heterocycles. The van der Waals surface area contributed by atoms with Crippen LogP contribution in [0.4, 0.5) is 0 Å². The molecule has 1 amide bonds. The molecule has 1 aromatic heterocycles. The molecule has 1 saturated carbocycles. The zero-order valence-electron chi connectivity index (χ0n) is 11.6. The molecule has 21 heavy (non-hydrogen) atoms. The third-order valence-electron chi connectivity index (χ3n) is 3.78. The summed E-state index contributed by atoms with van der Waals surface area (Å²) in [5.41, 5.74) is 6.81. The Morgan fingerprint density at radius 1 is 1.24 bits per heavy atom. The second-order valence-corrected chi connectivity index (χ2v) is 5.35. The lowest BCUT2D eigenvalue weighted by atomic mass is 9.98. The number of rotatable bonds is 3. The molecule has 0 unspecified atom stereocenters. The van der Waals surface area contributed by atoms with Crippen LogP contribution in [0.25, 0.3) is 11.0 Å². The topological polar surface area (TPSA) is 98.1 Å². The minimum atomic E-state index is -0.627. The monoisotopic (exact) mass is 287 g/mol. The molecule has 6 heteroatoms. The first-order valence-corrected chi connectivity index (χ1v) is 7.14. The molecule has 0 atom stereocenters. The number of primary amides is 1. The van der Waals surface area contributed by atoms with E-state index < -0.39 is 5.91 Å². The highest BCUT2D eigenvalue weighted by molar-refractivity contribution is 5.96. The van der Waals surface area contributed by atoms with Crippen LogP contribution in [0.3, 0.4) is 0 Å². The van der Waals surface area contributed by atoms with E-state index in [1.165, 1.54) is 6.42 Å². The number of amides is 1. The molecular formula is C15H17N3O3. The zero-order chi connectivity index (χ0) is 14.8. The number of esters is 1. The lowest BCUT2D eigenvalue weighted by Gasteiger charge is -2.21. The molecule has 1 aliphatic carbocycles. The Morgan fingerprint density at radius 3 is 2.71 bits per heavy atom. The summed E-state index contributed by atoms with van der Waals surface area (Å²) in [6.45, 7) is 0. The Balaban J connectivity index is 1.79. The van der Waals surface area contributed by atoms with Gasteiger partial charge in [0.2, 0.25) is 0 Å². The second-order valence-electron chi connectivity index (χ2n) is 5.35. The van der Waals surface area contributed by atoms with Gasteiger partial charge in [0.25, 0.3) is 5.91 Å². The maximum Gasteiger partial charge on any atom is 0.338 e. The van der Waals surface area contributed by atoms with E-state index >= 15 is 0 Å². The summed E-state index contributed by atoms with van der Waals surface area (Å²) >= 11 is 0. The Bertz CT molecular complexity index is 687. The van der Waals surface area contributed by atoms with Gasteiger partial charge in [-0.25, -0.2) is 9.78 Å². The fourth-order valence-corrected chi connectivity index (χ4v) is 2.65. The maximum atomic E-state index is 12.1. The second kappa shape index (κ2) is 5.55. The lowest BCUT2D eigenvalue weighted by molar-refractivity contribution is 0.0211. The van der Waals surface area contributed by atoms with Crippen LogP contribution in [0, 0.1) is 0 Å². The van der Waals surface area contributed by atoms with E-state index in [4.69, 9.17) is 10.5 Å². The number of nitrogens with two attached hydrogens (primary N) is 1. The van der Waals surface area contributed by atoms with Crippen molar-refractivity contribution in [3.63, 3.8) is 0 Å². The third kappa shape index (κ3) is 2.89. The number of imidazole rings is 1. The van der Waals surface area contributed by atoms with E-state index in [0.717, 1.165) is 25.7 Å². The van der Waals surface area contributed by atoms with Crippen molar-refractivity contribution in [1.82, 2.24) is 9.97 Å². The number of hydrogen-bond donors (Lipinski definition) is 2. The molecule has 0 saturated heterocycles. The molecular weight excluding hydrogens is 270 g/mol. The summed E-state index contributed by atoms with van der Waals surface area (Å²) in [6, 6.07) is 4.98. The van der Waals surface area contributed by atoms with Gasteiger partial charge in [-0.3, -0.25) is 4.79 Å². The molecule has 0 bridgehead atoms. The summed E-state index contributed by atoms with van der Waals surface area (Å²) < 4.78 is 5.51. The maximum absolute atomic E-state index is 12.1. The van der Waals surface area contributed by atoms with Gasteiger partial charge < -0.3 is 15.5 Å². The van der Waals surface area contributed by atoms with E-state index in [1.54, 1.807) is 18.2 Å². The molecule has 3 N–H and O–H groups in total. The summed E-state index contributed by atoms with van der Waals surface area (Å²) in [4.78, 5) is 30.1. The fourth-order valence-electron chi connectivity index (χ4n) is 2.65. The van der Waals surface area contributed by atoms with Crippen LogP contribution in [0.1, 0.15) is 53.1 Å².